The van der Waals surface area contributed by atoms with E-state index in [1.54, 1.807) is 6.07 Å². The fourth-order valence-electron chi connectivity index (χ4n) is 3.73. The maximum absolute atomic E-state index is 13.0. The number of carbonyl (C=O) groups is 2. The second kappa shape index (κ2) is 8.61. The Morgan fingerprint density at radius 1 is 1.11 bits per heavy atom. The molecule has 0 radical (unpaired) electrons. The highest BCUT2D eigenvalue weighted by Crippen LogP contribution is 2.29. The summed E-state index contributed by atoms with van der Waals surface area (Å²) in [4.78, 5) is 27.2. The van der Waals surface area contributed by atoms with Gasteiger partial charge in [0.1, 0.15) is 0 Å². The largest absolute Gasteiger partial charge is 0.451 e. The SMILES string of the molecule is CN(C)S(=O)(=O)c1ccc(N2CCCCC2)c(C(=O)O[C@H]2CCCCC2=O)c1. The summed E-state index contributed by atoms with van der Waals surface area (Å²) >= 11 is 0. The Bertz CT molecular complexity index is 844. The molecule has 0 N–H and O–H groups in total. The number of hydrogen-bond acceptors (Lipinski definition) is 6. The molecule has 3 rings (SSSR count). The van der Waals surface area contributed by atoms with Crippen LogP contribution in [0.2, 0.25) is 0 Å². The zero-order valence-corrected chi connectivity index (χ0v) is 17.3. The lowest BCUT2D eigenvalue weighted by molar-refractivity contribution is -0.129. The second-order valence-corrected chi connectivity index (χ2v) is 9.77. The van der Waals surface area contributed by atoms with Crippen LogP contribution in [-0.4, -0.2) is 57.8 Å². The van der Waals surface area contributed by atoms with E-state index in [9.17, 15) is 18.0 Å². The summed E-state index contributed by atoms with van der Waals surface area (Å²) in [6, 6.07) is 4.59. The molecule has 1 atom stereocenters. The molecule has 1 aromatic rings. The van der Waals surface area contributed by atoms with Crippen LogP contribution in [0, 0.1) is 0 Å². The normalized spacial score (nSPS) is 21.0. The molecular formula is C20H28N2O5S. The molecular weight excluding hydrogens is 380 g/mol. The maximum atomic E-state index is 13.0. The van der Waals surface area contributed by atoms with Crippen molar-refractivity contribution in [3.63, 3.8) is 0 Å². The second-order valence-electron chi connectivity index (χ2n) is 7.62. The summed E-state index contributed by atoms with van der Waals surface area (Å²) in [5.41, 5.74) is 0.883. The Kier molecular flexibility index (Phi) is 6.40. The van der Waals surface area contributed by atoms with Crippen molar-refractivity contribution in [2.75, 3.05) is 32.1 Å². The lowest BCUT2D eigenvalue weighted by atomic mass is 9.96. The minimum atomic E-state index is -3.68. The van der Waals surface area contributed by atoms with Crippen molar-refractivity contribution in [2.24, 2.45) is 0 Å². The number of ether oxygens (including phenoxy) is 1. The van der Waals surface area contributed by atoms with Crippen LogP contribution < -0.4 is 4.90 Å². The quantitative estimate of drug-likeness (QED) is 0.697. The molecule has 1 aliphatic heterocycles. The number of nitrogens with zero attached hydrogens (tertiary/aromatic N) is 2. The molecule has 0 unspecified atom stereocenters. The highest BCUT2D eigenvalue weighted by Gasteiger charge is 2.29. The van der Waals surface area contributed by atoms with Gasteiger partial charge in [0.2, 0.25) is 10.0 Å². The van der Waals surface area contributed by atoms with Gasteiger partial charge in [-0.2, -0.15) is 0 Å². The molecule has 1 heterocycles. The van der Waals surface area contributed by atoms with Crippen LogP contribution in [0.4, 0.5) is 5.69 Å². The van der Waals surface area contributed by atoms with E-state index < -0.39 is 22.1 Å². The van der Waals surface area contributed by atoms with Crippen molar-refractivity contribution in [3.8, 4) is 0 Å². The van der Waals surface area contributed by atoms with Gasteiger partial charge in [0.25, 0.3) is 0 Å². The van der Waals surface area contributed by atoms with E-state index in [0.29, 0.717) is 18.5 Å². The molecule has 154 valence electrons. The number of sulfonamides is 1. The topological polar surface area (TPSA) is 84.0 Å². The number of ketones is 1. The van der Waals surface area contributed by atoms with Gasteiger partial charge in [0, 0.05) is 33.6 Å². The number of esters is 1. The Labute approximate surface area is 166 Å². The number of rotatable bonds is 5. The number of hydrogen-bond donors (Lipinski definition) is 0. The molecule has 1 aromatic carbocycles. The fraction of sp³-hybridized carbons (Fsp3) is 0.600. The molecule has 28 heavy (non-hydrogen) atoms. The number of anilines is 1. The van der Waals surface area contributed by atoms with E-state index in [2.05, 4.69) is 4.90 Å². The average molecular weight is 409 g/mol. The number of benzene rings is 1. The maximum Gasteiger partial charge on any atom is 0.341 e. The van der Waals surface area contributed by atoms with Gasteiger partial charge in [-0.3, -0.25) is 4.79 Å². The first-order valence-electron chi connectivity index (χ1n) is 9.86. The van der Waals surface area contributed by atoms with Gasteiger partial charge in [-0.05, 0) is 56.7 Å². The minimum Gasteiger partial charge on any atom is -0.451 e. The molecule has 7 nitrogen and oxygen atoms in total. The smallest absolute Gasteiger partial charge is 0.341 e. The van der Waals surface area contributed by atoms with E-state index in [1.807, 2.05) is 0 Å². The third kappa shape index (κ3) is 4.38. The van der Waals surface area contributed by atoms with E-state index in [4.69, 9.17) is 4.74 Å². The number of piperidine rings is 1. The van der Waals surface area contributed by atoms with E-state index >= 15 is 0 Å². The van der Waals surface area contributed by atoms with Gasteiger partial charge in [-0.25, -0.2) is 17.5 Å². The summed E-state index contributed by atoms with van der Waals surface area (Å²) in [5.74, 6) is -0.687. The molecule has 1 saturated heterocycles. The van der Waals surface area contributed by atoms with Crippen LogP contribution in [0.1, 0.15) is 55.3 Å². The van der Waals surface area contributed by atoms with Gasteiger partial charge < -0.3 is 9.64 Å². The first-order valence-corrected chi connectivity index (χ1v) is 11.3. The lowest BCUT2D eigenvalue weighted by Crippen LogP contribution is -2.33. The highest BCUT2D eigenvalue weighted by atomic mass is 32.2. The zero-order chi connectivity index (χ0) is 20.3. The van der Waals surface area contributed by atoms with Crippen LogP contribution in [0.5, 0.6) is 0 Å². The van der Waals surface area contributed by atoms with Crippen molar-refractivity contribution in [1.29, 1.82) is 0 Å². The summed E-state index contributed by atoms with van der Waals surface area (Å²) in [5, 5.41) is 0. The van der Waals surface area contributed by atoms with Gasteiger partial charge in [0.05, 0.1) is 16.1 Å². The first-order chi connectivity index (χ1) is 13.3. The molecule has 2 aliphatic rings. The lowest BCUT2D eigenvalue weighted by Gasteiger charge is -2.31. The predicted octanol–water partition coefficient (Wildman–Crippen LogP) is 2.60. The van der Waals surface area contributed by atoms with Crippen molar-refractivity contribution in [2.45, 2.75) is 55.9 Å². The van der Waals surface area contributed by atoms with Crippen molar-refractivity contribution in [3.05, 3.63) is 23.8 Å². The molecule has 0 bridgehead atoms. The van der Waals surface area contributed by atoms with Crippen LogP contribution in [0.15, 0.2) is 23.1 Å². The van der Waals surface area contributed by atoms with E-state index in [1.165, 1.54) is 26.2 Å². The standard InChI is InChI=1S/C20H28N2O5S/c1-21(2)28(25,26)15-10-11-17(22-12-6-3-7-13-22)16(14-15)20(24)27-19-9-5-4-8-18(19)23/h10-11,14,19H,3-9,12-13H2,1-2H3/t19-/m0/s1. The molecule has 1 aliphatic carbocycles. The first kappa shape index (κ1) is 20.8. The zero-order valence-electron chi connectivity index (χ0n) is 16.5. The fourth-order valence-corrected chi connectivity index (χ4v) is 4.66. The minimum absolute atomic E-state index is 0.0418. The molecule has 0 aromatic heterocycles. The van der Waals surface area contributed by atoms with Crippen molar-refractivity contribution < 1.29 is 22.7 Å². The van der Waals surface area contributed by atoms with Crippen LogP contribution in [0.3, 0.4) is 0 Å². The molecule has 1 saturated carbocycles. The Morgan fingerprint density at radius 3 is 2.46 bits per heavy atom. The number of Topliss-reactive ketones (excluding diaryl/α,β-unsaturated/α-hetero) is 1. The third-order valence-electron chi connectivity index (χ3n) is 5.41. The average Bonchev–Trinajstić information content (AvgIpc) is 2.69. The van der Waals surface area contributed by atoms with Crippen LogP contribution >= 0.6 is 0 Å². The molecule has 0 amide bonds. The van der Waals surface area contributed by atoms with E-state index in [-0.39, 0.29) is 16.2 Å². The summed E-state index contributed by atoms with van der Waals surface area (Å²) in [7, 11) is -0.782. The van der Waals surface area contributed by atoms with Gasteiger partial charge >= 0.3 is 5.97 Å². The highest BCUT2D eigenvalue weighted by molar-refractivity contribution is 7.89. The van der Waals surface area contributed by atoms with Gasteiger partial charge in [-0.1, -0.05) is 0 Å². The molecule has 8 heteroatoms. The summed E-state index contributed by atoms with van der Waals surface area (Å²) in [6.45, 7) is 1.62. The Morgan fingerprint density at radius 2 is 1.82 bits per heavy atom. The Hall–Kier alpha value is -1.93. The molecule has 2 fully saturated rings. The number of carbonyl (C=O) groups excluding carboxylic acids is 2. The monoisotopic (exact) mass is 408 g/mol. The van der Waals surface area contributed by atoms with Crippen molar-refractivity contribution in [1.82, 2.24) is 4.31 Å². The van der Waals surface area contributed by atoms with E-state index in [0.717, 1.165) is 49.5 Å². The van der Waals surface area contributed by atoms with Crippen LogP contribution in [-0.2, 0) is 19.6 Å². The molecule has 0 spiro atoms. The van der Waals surface area contributed by atoms with Gasteiger partial charge in [-0.15, -0.1) is 0 Å². The van der Waals surface area contributed by atoms with Gasteiger partial charge in [0.15, 0.2) is 11.9 Å². The predicted molar refractivity (Wildman–Crippen MR) is 106 cm³/mol. The van der Waals surface area contributed by atoms with Crippen LogP contribution in [0.25, 0.3) is 0 Å². The van der Waals surface area contributed by atoms with Crippen molar-refractivity contribution >= 4 is 27.5 Å². The Balaban J connectivity index is 1.96. The third-order valence-corrected chi connectivity index (χ3v) is 7.22. The summed E-state index contributed by atoms with van der Waals surface area (Å²) < 4.78 is 31.7. The summed E-state index contributed by atoms with van der Waals surface area (Å²) in [6.07, 6.45) is 5.07.